The van der Waals surface area contributed by atoms with Gasteiger partial charge < -0.3 is 0 Å². The minimum Gasteiger partial charge on any atom is -0.298 e. The van der Waals surface area contributed by atoms with Crippen LogP contribution in [0.4, 0.5) is 0 Å². The summed E-state index contributed by atoms with van der Waals surface area (Å²) in [6.45, 7) is 0.851. The Balaban J connectivity index is 1.98. The molecule has 2 nitrogen and oxygen atoms in total. The smallest absolute Gasteiger partial charge is 0.149 e. The lowest BCUT2D eigenvalue weighted by atomic mass is 9.93. The van der Waals surface area contributed by atoms with Crippen LogP contribution in [0.5, 0.6) is 0 Å². The van der Waals surface area contributed by atoms with E-state index in [1.54, 1.807) is 0 Å². The molecule has 0 aliphatic heterocycles. The highest BCUT2D eigenvalue weighted by Gasteiger charge is 2.25. The maximum Gasteiger partial charge on any atom is 0.149 e. The van der Waals surface area contributed by atoms with E-state index in [0.717, 1.165) is 30.3 Å². The summed E-state index contributed by atoms with van der Waals surface area (Å²) in [6, 6.07) is 8.44. The summed E-state index contributed by atoms with van der Waals surface area (Å²) in [4.78, 5) is 14.0. The normalized spacial score (nSPS) is 20.9. The summed E-state index contributed by atoms with van der Waals surface area (Å²) in [5.74, 6) is 0.413. The van der Waals surface area contributed by atoms with E-state index < -0.39 is 0 Å². The van der Waals surface area contributed by atoms with Crippen LogP contribution in [0.15, 0.2) is 28.7 Å². The summed E-state index contributed by atoms with van der Waals surface area (Å²) in [6.07, 6.45) is 4.03. The predicted molar refractivity (Wildman–Crippen MR) is 72.9 cm³/mol. The maximum atomic E-state index is 11.8. The number of carbonyl (C=O) groups is 1. The second kappa shape index (κ2) is 5.78. The van der Waals surface area contributed by atoms with Gasteiger partial charge in [0.2, 0.25) is 0 Å². The highest BCUT2D eigenvalue weighted by atomic mass is 79.9. The number of ketones is 1. The molecule has 17 heavy (non-hydrogen) atoms. The Morgan fingerprint density at radius 3 is 2.65 bits per heavy atom. The van der Waals surface area contributed by atoms with E-state index in [9.17, 15) is 4.79 Å². The van der Waals surface area contributed by atoms with E-state index in [0.29, 0.717) is 5.78 Å². The molecule has 0 N–H and O–H groups in total. The van der Waals surface area contributed by atoms with Crippen LogP contribution >= 0.6 is 15.9 Å². The molecule has 0 heterocycles. The van der Waals surface area contributed by atoms with Crippen LogP contribution in [0.3, 0.4) is 0 Å². The van der Waals surface area contributed by atoms with E-state index >= 15 is 0 Å². The van der Waals surface area contributed by atoms with E-state index in [2.05, 4.69) is 40.0 Å². The van der Waals surface area contributed by atoms with Crippen LogP contribution in [-0.2, 0) is 11.3 Å². The monoisotopic (exact) mass is 295 g/mol. The van der Waals surface area contributed by atoms with Crippen molar-refractivity contribution in [2.24, 2.45) is 0 Å². The number of halogens is 1. The minimum atomic E-state index is 0.132. The van der Waals surface area contributed by atoms with Gasteiger partial charge in [-0.3, -0.25) is 9.69 Å². The van der Waals surface area contributed by atoms with Gasteiger partial charge in [-0.05, 0) is 37.6 Å². The van der Waals surface area contributed by atoms with Gasteiger partial charge in [-0.15, -0.1) is 0 Å². The van der Waals surface area contributed by atoms with Gasteiger partial charge in [0, 0.05) is 17.4 Å². The van der Waals surface area contributed by atoms with Crippen LogP contribution < -0.4 is 0 Å². The molecule has 0 radical (unpaired) electrons. The van der Waals surface area contributed by atoms with Crippen molar-refractivity contribution in [1.82, 2.24) is 4.90 Å². The molecular formula is C14H18BrNO. The van der Waals surface area contributed by atoms with Crippen LogP contribution in [0.1, 0.15) is 31.2 Å². The van der Waals surface area contributed by atoms with Crippen LogP contribution in [0.25, 0.3) is 0 Å². The lowest BCUT2D eigenvalue weighted by molar-refractivity contribution is -0.125. The average Bonchev–Trinajstić information content (AvgIpc) is 2.32. The molecule has 2 rings (SSSR count). The number of hydrogen-bond donors (Lipinski definition) is 0. The second-order valence-electron chi connectivity index (χ2n) is 4.77. The zero-order valence-electron chi connectivity index (χ0n) is 10.2. The summed E-state index contributed by atoms with van der Waals surface area (Å²) < 4.78 is 1.10. The second-order valence-corrected chi connectivity index (χ2v) is 5.69. The van der Waals surface area contributed by atoms with Gasteiger partial charge in [0.25, 0.3) is 0 Å². The van der Waals surface area contributed by atoms with Crippen molar-refractivity contribution in [3.63, 3.8) is 0 Å². The average molecular weight is 296 g/mol. The molecular weight excluding hydrogens is 278 g/mol. The van der Waals surface area contributed by atoms with Crippen LogP contribution in [0.2, 0.25) is 0 Å². The molecule has 1 fully saturated rings. The van der Waals surface area contributed by atoms with E-state index in [1.165, 1.54) is 12.0 Å². The van der Waals surface area contributed by atoms with Gasteiger partial charge in [0.15, 0.2) is 0 Å². The largest absolute Gasteiger partial charge is 0.298 e. The summed E-state index contributed by atoms with van der Waals surface area (Å²) >= 11 is 3.43. The molecule has 1 aliphatic carbocycles. The number of nitrogens with zero attached hydrogens (tertiary/aromatic N) is 1. The fourth-order valence-electron chi connectivity index (χ4n) is 2.42. The zero-order chi connectivity index (χ0) is 12.3. The third kappa shape index (κ3) is 3.39. The summed E-state index contributed by atoms with van der Waals surface area (Å²) in [7, 11) is 2.05. The highest BCUT2D eigenvalue weighted by Crippen LogP contribution is 2.20. The Hall–Kier alpha value is -0.670. The molecule has 1 saturated carbocycles. The quantitative estimate of drug-likeness (QED) is 0.852. The molecule has 92 valence electrons. The van der Waals surface area contributed by atoms with E-state index in [1.807, 2.05) is 12.1 Å². The Labute approximate surface area is 111 Å². The lowest BCUT2D eigenvalue weighted by Crippen LogP contribution is -2.39. The standard InChI is InChI=1S/C14H18BrNO/c1-16(13-4-2-3-5-14(13)17)10-11-6-8-12(15)9-7-11/h6-9,13H,2-5,10H2,1H3. The van der Waals surface area contributed by atoms with Gasteiger partial charge >= 0.3 is 0 Å². The fraction of sp³-hybridized carbons (Fsp3) is 0.500. The SMILES string of the molecule is CN(Cc1ccc(Br)cc1)C1CCCCC1=O. The van der Waals surface area contributed by atoms with Gasteiger partial charge in [-0.25, -0.2) is 0 Å². The molecule has 0 aromatic heterocycles. The molecule has 0 saturated heterocycles. The first-order chi connectivity index (χ1) is 8.16. The van der Waals surface area contributed by atoms with Gasteiger partial charge in [-0.1, -0.05) is 34.5 Å². The Kier molecular flexibility index (Phi) is 4.35. The van der Waals surface area contributed by atoms with E-state index in [4.69, 9.17) is 0 Å². The molecule has 1 aromatic carbocycles. The van der Waals surface area contributed by atoms with Crippen molar-refractivity contribution >= 4 is 21.7 Å². The number of likely N-dealkylation sites (N-methyl/N-ethyl adjacent to an activating group) is 1. The molecule has 1 aliphatic rings. The molecule has 1 atom stereocenters. The molecule has 1 aromatic rings. The van der Waals surface area contributed by atoms with Gasteiger partial charge in [0.05, 0.1) is 6.04 Å². The molecule has 1 unspecified atom stereocenters. The third-order valence-corrected chi connectivity index (χ3v) is 3.93. The fourth-order valence-corrected chi connectivity index (χ4v) is 2.68. The van der Waals surface area contributed by atoms with Crippen molar-refractivity contribution in [3.8, 4) is 0 Å². The number of carbonyl (C=O) groups excluding carboxylic acids is 1. The van der Waals surface area contributed by atoms with Crippen molar-refractivity contribution in [1.29, 1.82) is 0 Å². The van der Waals surface area contributed by atoms with Crippen molar-refractivity contribution in [3.05, 3.63) is 34.3 Å². The number of rotatable bonds is 3. The number of hydrogen-bond acceptors (Lipinski definition) is 2. The summed E-state index contributed by atoms with van der Waals surface area (Å²) in [5, 5.41) is 0. The lowest BCUT2D eigenvalue weighted by Gasteiger charge is -2.29. The topological polar surface area (TPSA) is 20.3 Å². The summed E-state index contributed by atoms with van der Waals surface area (Å²) in [5.41, 5.74) is 1.26. The first-order valence-electron chi connectivity index (χ1n) is 6.14. The van der Waals surface area contributed by atoms with Crippen LogP contribution in [0, 0.1) is 0 Å². The maximum absolute atomic E-state index is 11.8. The Morgan fingerprint density at radius 2 is 2.00 bits per heavy atom. The van der Waals surface area contributed by atoms with Crippen molar-refractivity contribution in [2.75, 3.05) is 7.05 Å². The van der Waals surface area contributed by atoms with Gasteiger partial charge in [0.1, 0.15) is 5.78 Å². The molecule has 3 heteroatoms. The molecule has 0 bridgehead atoms. The Morgan fingerprint density at radius 1 is 1.29 bits per heavy atom. The third-order valence-electron chi connectivity index (χ3n) is 3.40. The first-order valence-corrected chi connectivity index (χ1v) is 6.93. The van der Waals surface area contributed by atoms with Crippen molar-refractivity contribution in [2.45, 2.75) is 38.3 Å². The number of benzene rings is 1. The first kappa shape index (κ1) is 12.8. The van der Waals surface area contributed by atoms with Gasteiger partial charge in [-0.2, -0.15) is 0 Å². The number of Topliss-reactive ketones (excluding diaryl/α,β-unsaturated/α-hetero) is 1. The zero-order valence-corrected chi connectivity index (χ0v) is 11.7. The van der Waals surface area contributed by atoms with Crippen LogP contribution in [-0.4, -0.2) is 23.8 Å². The van der Waals surface area contributed by atoms with E-state index in [-0.39, 0.29) is 6.04 Å². The molecule has 0 amide bonds. The van der Waals surface area contributed by atoms with Crippen molar-refractivity contribution < 1.29 is 4.79 Å². The minimum absolute atomic E-state index is 0.132. The Bertz CT molecular complexity index is 388. The molecule has 0 spiro atoms. The predicted octanol–water partition coefficient (Wildman–Crippen LogP) is 3.39. The highest BCUT2D eigenvalue weighted by molar-refractivity contribution is 9.10.